The summed E-state index contributed by atoms with van der Waals surface area (Å²) < 4.78 is 10.4. The molecule has 0 atom stereocenters. The van der Waals surface area contributed by atoms with Gasteiger partial charge in [0.1, 0.15) is 5.75 Å². The number of benzene rings is 2. The lowest BCUT2D eigenvalue weighted by atomic mass is 10.2. The number of furan rings is 1. The van der Waals surface area contributed by atoms with Crippen LogP contribution in [0.1, 0.15) is 26.5 Å². The Kier molecular flexibility index (Phi) is 6.26. The van der Waals surface area contributed by atoms with Crippen molar-refractivity contribution in [2.24, 2.45) is 0 Å². The summed E-state index contributed by atoms with van der Waals surface area (Å²) >= 11 is 0. The Bertz CT molecular complexity index is 1010. The van der Waals surface area contributed by atoms with E-state index >= 15 is 0 Å². The van der Waals surface area contributed by atoms with Crippen molar-refractivity contribution in [2.45, 2.75) is 6.92 Å². The smallest absolute Gasteiger partial charge is 0.291 e. The Morgan fingerprint density at radius 1 is 0.931 bits per heavy atom. The Morgan fingerprint density at radius 3 is 2.52 bits per heavy atom. The second kappa shape index (κ2) is 9.23. The maximum absolute atomic E-state index is 12.2. The van der Waals surface area contributed by atoms with Crippen LogP contribution in [0.25, 0.3) is 0 Å². The number of carbonyl (C=O) groups excluding carboxylic acids is 3. The van der Waals surface area contributed by atoms with Gasteiger partial charge in [-0.15, -0.1) is 0 Å². The maximum atomic E-state index is 12.2. The van der Waals surface area contributed by atoms with Gasteiger partial charge in [0.2, 0.25) is 0 Å². The van der Waals surface area contributed by atoms with Gasteiger partial charge in [-0.05, 0) is 55.0 Å². The van der Waals surface area contributed by atoms with Gasteiger partial charge in [-0.3, -0.25) is 25.2 Å². The summed E-state index contributed by atoms with van der Waals surface area (Å²) in [6, 6.07) is 16.7. The van der Waals surface area contributed by atoms with E-state index in [0.717, 1.165) is 5.56 Å². The number of hydrogen-bond acceptors (Lipinski definition) is 5. The minimum absolute atomic E-state index is 0.153. The molecule has 3 amide bonds. The molecule has 1 heterocycles. The molecule has 29 heavy (non-hydrogen) atoms. The van der Waals surface area contributed by atoms with Crippen LogP contribution in [0.15, 0.2) is 71.3 Å². The largest absolute Gasteiger partial charge is 0.484 e. The third-order valence-electron chi connectivity index (χ3n) is 3.80. The molecular weight excluding hydrogens is 374 g/mol. The lowest BCUT2D eigenvalue weighted by molar-refractivity contribution is -0.123. The predicted molar refractivity (Wildman–Crippen MR) is 105 cm³/mol. The first-order valence-corrected chi connectivity index (χ1v) is 8.75. The fourth-order valence-corrected chi connectivity index (χ4v) is 2.43. The van der Waals surface area contributed by atoms with Crippen molar-refractivity contribution in [3.8, 4) is 5.75 Å². The highest BCUT2D eigenvalue weighted by Gasteiger charge is 2.12. The van der Waals surface area contributed by atoms with Crippen LogP contribution in [-0.2, 0) is 4.79 Å². The molecule has 0 fully saturated rings. The minimum atomic E-state index is -0.539. The molecule has 148 valence electrons. The lowest BCUT2D eigenvalue weighted by Crippen LogP contribution is -2.43. The number of aryl methyl sites for hydroxylation is 1. The van der Waals surface area contributed by atoms with Crippen molar-refractivity contribution in [2.75, 3.05) is 11.9 Å². The SMILES string of the molecule is Cc1cccc(OCC(=O)NNC(=O)c2cccc(NC(=O)c3ccco3)c2)c1. The first kappa shape index (κ1) is 19.7. The molecule has 8 nitrogen and oxygen atoms in total. The summed E-state index contributed by atoms with van der Waals surface area (Å²) in [6.45, 7) is 1.67. The average molecular weight is 393 g/mol. The van der Waals surface area contributed by atoms with Crippen LogP contribution < -0.4 is 20.9 Å². The van der Waals surface area contributed by atoms with Crippen LogP contribution in [0.4, 0.5) is 5.69 Å². The molecule has 0 bridgehead atoms. The Hall–Kier alpha value is -4.07. The molecule has 8 heteroatoms. The molecular formula is C21H19N3O5. The lowest BCUT2D eigenvalue weighted by Gasteiger charge is -2.10. The number of rotatable bonds is 6. The van der Waals surface area contributed by atoms with Gasteiger partial charge in [0.05, 0.1) is 6.26 Å². The van der Waals surface area contributed by atoms with E-state index in [-0.39, 0.29) is 17.9 Å². The second-order valence-corrected chi connectivity index (χ2v) is 6.12. The van der Waals surface area contributed by atoms with Crippen molar-refractivity contribution in [3.05, 3.63) is 83.8 Å². The van der Waals surface area contributed by atoms with Gasteiger partial charge in [-0.2, -0.15) is 0 Å². The Morgan fingerprint density at radius 2 is 1.76 bits per heavy atom. The van der Waals surface area contributed by atoms with Crippen LogP contribution in [-0.4, -0.2) is 24.3 Å². The summed E-state index contributed by atoms with van der Waals surface area (Å²) in [5, 5.41) is 2.63. The molecule has 3 rings (SSSR count). The van der Waals surface area contributed by atoms with E-state index in [9.17, 15) is 14.4 Å². The van der Waals surface area contributed by atoms with Crippen molar-refractivity contribution in [1.29, 1.82) is 0 Å². The van der Waals surface area contributed by atoms with E-state index in [1.165, 1.54) is 18.4 Å². The molecule has 1 aromatic heterocycles. The fraction of sp³-hybridized carbons (Fsp3) is 0.0952. The highest BCUT2D eigenvalue weighted by Crippen LogP contribution is 2.13. The third kappa shape index (κ3) is 5.70. The molecule has 0 aliphatic heterocycles. The highest BCUT2D eigenvalue weighted by atomic mass is 16.5. The Balaban J connectivity index is 1.50. The maximum Gasteiger partial charge on any atom is 0.291 e. The van der Waals surface area contributed by atoms with Gasteiger partial charge in [-0.25, -0.2) is 0 Å². The number of anilines is 1. The summed E-state index contributed by atoms with van der Waals surface area (Å²) in [4.78, 5) is 36.1. The quantitative estimate of drug-likeness (QED) is 0.558. The molecule has 0 saturated carbocycles. The number of hydrazine groups is 1. The standard InChI is InChI=1S/C21H19N3O5/c1-14-5-2-8-17(11-14)29-13-19(25)23-24-20(26)15-6-3-7-16(12-15)22-21(27)18-9-4-10-28-18/h2-12H,13H2,1H3,(H,22,27)(H,23,25)(H,24,26). The average Bonchev–Trinajstić information content (AvgIpc) is 3.26. The second-order valence-electron chi connectivity index (χ2n) is 6.12. The summed E-state index contributed by atoms with van der Waals surface area (Å²) in [5.74, 6) is -0.772. The monoisotopic (exact) mass is 393 g/mol. The van der Waals surface area contributed by atoms with E-state index in [0.29, 0.717) is 11.4 Å². The van der Waals surface area contributed by atoms with Gasteiger partial charge in [0.15, 0.2) is 12.4 Å². The van der Waals surface area contributed by atoms with Gasteiger partial charge in [0.25, 0.3) is 17.7 Å². The summed E-state index contributed by atoms with van der Waals surface area (Å²) in [7, 11) is 0. The molecule has 3 aromatic rings. The van der Waals surface area contributed by atoms with E-state index in [4.69, 9.17) is 9.15 Å². The first-order valence-electron chi connectivity index (χ1n) is 8.75. The zero-order valence-corrected chi connectivity index (χ0v) is 15.6. The number of ether oxygens (including phenoxy) is 1. The van der Waals surface area contributed by atoms with Crippen molar-refractivity contribution >= 4 is 23.4 Å². The Labute approximate surface area is 166 Å². The molecule has 0 aliphatic rings. The van der Waals surface area contributed by atoms with E-state index in [1.807, 2.05) is 19.1 Å². The van der Waals surface area contributed by atoms with Crippen LogP contribution in [0, 0.1) is 6.92 Å². The number of carbonyl (C=O) groups is 3. The van der Waals surface area contributed by atoms with Crippen molar-refractivity contribution < 1.29 is 23.5 Å². The van der Waals surface area contributed by atoms with Crippen LogP contribution in [0.5, 0.6) is 5.75 Å². The zero-order chi connectivity index (χ0) is 20.6. The van der Waals surface area contributed by atoms with Crippen LogP contribution >= 0.6 is 0 Å². The molecule has 0 spiro atoms. The number of hydrogen-bond donors (Lipinski definition) is 3. The van der Waals surface area contributed by atoms with Crippen LogP contribution in [0.3, 0.4) is 0 Å². The first-order chi connectivity index (χ1) is 14.0. The van der Waals surface area contributed by atoms with Crippen LogP contribution in [0.2, 0.25) is 0 Å². The highest BCUT2D eigenvalue weighted by molar-refractivity contribution is 6.03. The fourth-order valence-electron chi connectivity index (χ4n) is 2.43. The van der Waals surface area contributed by atoms with E-state index in [1.54, 1.807) is 36.4 Å². The molecule has 0 radical (unpaired) electrons. The zero-order valence-electron chi connectivity index (χ0n) is 15.6. The van der Waals surface area contributed by atoms with Crippen molar-refractivity contribution in [3.63, 3.8) is 0 Å². The molecule has 3 N–H and O–H groups in total. The molecule has 0 aliphatic carbocycles. The molecule has 0 saturated heterocycles. The predicted octanol–water partition coefficient (Wildman–Crippen LogP) is 2.68. The van der Waals surface area contributed by atoms with Gasteiger partial charge >= 0.3 is 0 Å². The van der Waals surface area contributed by atoms with Gasteiger partial charge < -0.3 is 14.5 Å². The van der Waals surface area contributed by atoms with E-state index in [2.05, 4.69) is 16.2 Å². The summed E-state index contributed by atoms with van der Waals surface area (Å²) in [6.07, 6.45) is 1.39. The normalized spacial score (nSPS) is 10.1. The van der Waals surface area contributed by atoms with Gasteiger partial charge in [0, 0.05) is 11.3 Å². The third-order valence-corrected chi connectivity index (χ3v) is 3.80. The summed E-state index contributed by atoms with van der Waals surface area (Å²) in [5.41, 5.74) is 6.26. The molecule has 0 unspecified atom stereocenters. The number of nitrogens with one attached hydrogen (secondary N) is 3. The minimum Gasteiger partial charge on any atom is -0.484 e. The van der Waals surface area contributed by atoms with E-state index < -0.39 is 17.7 Å². The molecule has 2 aromatic carbocycles. The van der Waals surface area contributed by atoms with Gasteiger partial charge in [-0.1, -0.05) is 18.2 Å². The van der Waals surface area contributed by atoms with Crippen molar-refractivity contribution in [1.82, 2.24) is 10.9 Å². The number of amides is 3. The topological polar surface area (TPSA) is 110 Å².